The fourth-order valence-corrected chi connectivity index (χ4v) is 2.76. The van der Waals surface area contributed by atoms with Crippen LogP contribution in [0.15, 0.2) is 23.7 Å². The van der Waals surface area contributed by atoms with Gasteiger partial charge in [-0.25, -0.2) is 4.98 Å². The van der Waals surface area contributed by atoms with Crippen molar-refractivity contribution < 1.29 is 4.79 Å². The summed E-state index contributed by atoms with van der Waals surface area (Å²) in [7, 11) is 1.78. The number of nitrogen functional groups attached to an aromatic ring is 1. The number of nitrogens with one attached hydrogen (secondary N) is 1. The summed E-state index contributed by atoms with van der Waals surface area (Å²) in [4.78, 5) is 19.4. The molecule has 0 saturated heterocycles. The van der Waals surface area contributed by atoms with Crippen LogP contribution in [-0.2, 0) is 6.54 Å². The second kappa shape index (κ2) is 6.02. The first kappa shape index (κ1) is 14.5. The van der Waals surface area contributed by atoms with Crippen LogP contribution >= 0.6 is 11.3 Å². The second-order valence-corrected chi connectivity index (χ2v) is 5.65. The Hall–Kier alpha value is -1.92. The number of aromatic nitrogens is 1. The number of nitrogens with zero attached hydrogens (tertiary/aromatic N) is 2. The van der Waals surface area contributed by atoms with Crippen molar-refractivity contribution in [2.75, 3.05) is 12.5 Å². The van der Waals surface area contributed by atoms with E-state index < -0.39 is 0 Å². The summed E-state index contributed by atoms with van der Waals surface area (Å²) in [6.07, 6.45) is 0. The molecule has 0 spiro atoms. The molecule has 106 valence electrons. The van der Waals surface area contributed by atoms with Crippen molar-refractivity contribution in [2.45, 2.75) is 20.4 Å². The van der Waals surface area contributed by atoms with E-state index in [4.69, 9.17) is 5.84 Å². The molecule has 1 aromatic heterocycles. The maximum atomic E-state index is 12.5. The van der Waals surface area contributed by atoms with Gasteiger partial charge in [0.2, 0.25) is 0 Å². The van der Waals surface area contributed by atoms with Crippen LogP contribution in [0.3, 0.4) is 0 Å². The molecule has 1 aromatic carbocycles. The second-order valence-electron chi connectivity index (χ2n) is 4.72. The van der Waals surface area contributed by atoms with Crippen LogP contribution < -0.4 is 11.3 Å². The molecule has 0 aliphatic rings. The molecule has 0 fully saturated rings. The minimum Gasteiger partial charge on any atom is -0.336 e. The van der Waals surface area contributed by atoms with Gasteiger partial charge >= 0.3 is 0 Å². The summed E-state index contributed by atoms with van der Waals surface area (Å²) < 4.78 is 0. The molecule has 0 aliphatic carbocycles. The zero-order valence-corrected chi connectivity index (χ0v) is 12.6. The molecule has 0 bridgehead atoms. The van der Waals surface area contributed by atoms with Gasteiger partial charge in [0.15, 0.2) is 0 Å². The zero-order valence-electron chi connectivity index (χ0n) is 11.8. The number of nitrogens with two attached hydrogens (primary N) is 1. The van der Waals surface area contributed by atoms with Gasteiger partial charge in [0.05, 0.1) is 29.0 Å². The number of rotatable bonds is 4. The average Bonchev–Trinajstić information content (AvgIpc) is 2.83. The van der Waals surface area contributed by atoms with E-state index in [1.54, 1.807) is 34.9 Å². The molecule has 0 saturated carbocycles. The molecule has 2 rings (SSSR count). The fraction of sp³-hybridized carbons (Fsp3) is 0.286. The minimum atomic E-state index is -0.0641. The van der Waals surface area contributed by atoms with Crippen LogP contribution in [0.4, 0.5) is 5.69 Å². The largest absolute Gasteiger partial charge is 0.336 e. The van der Waals surface area contributed by atoms with Crippen molar-refractivity contribution in [3.05, 3.63) is 45.4 Å². The molecule has 20 heavy (non-hydrogen) atoms. The van der Waals surface area contributed by atoms with Crippen molar-refractivity contribution >= 4 is 22.9 Å². The Kier molecular flexibility index (Phi) is 4.36. The monoisotopic (exact) mass is 290 g/mol. The Bertz CT molecular complexity index is 623. The average molecular weight is 290 g/mol. The summed E-state index contributed by atoms with van der Waals surface area (Å²) >= 11 is 1.56. The number of carbonyl (C=O) groups is 1. The lowest BCUT2D eigenvalue weighted by atomic mass is 10.1. The molecule has 6 heteroatoms. The smallest absolute Gasteiger partial charge is 0.256 e. The molecular formula is C14H18N4OS. The summed E-state index contributed by atoms with van der Waals surface area (Å²) in [6, 6.07) is 5.56. The number of carbonyl (C=O) groups excluding carboxylic acids is 1. The topological polar surface area (TPSA) is 71.2 Å². The van der Waals surface area contributed by atoms with E-state index in [0.717, 1.165) is 16.1 Å². The Morgan fingerprint density at radius 3 is 2.80 bits per heavy atom. The van der Waals surface area contributed by atoms with Crippen LogP contribution in [0.1, 0.15) is 26.5 Å². The molecular weight excluding hydrogens is 272 g/mol. The minimum absolute atomic E-state index is 0.0641. The Labute approximate surface area is 122 Å². The highest BCUT2D eigenvalue weighted by Gasteiger charge is 2.17. The van der Waals surface area contributed by atoms with Crippen LogP contribution in [0, 0.1) is 13.8 Å². The molecule has 3 N–H and O–H groups in total. The van der Waals surface area contributed by atoms with Crippen molar-refractivity contribution in [3.8, 4) is 0 Å². The maximum Gasteiger partial charge on any atom is 0.256 e. The van der Waals surface area contributed by atoms with E-state index in [-0.39, 0.29) is 5.91 Å². The highest BCUT2D eigenvalue weighted by Crippen LogP contribution is 2.20. The normalized spacial score (nSPS) is 10.4. The van der Waals surface area contributed by atoms with Crippen LogP contribution in [0.25, 0.3) is 0 Å². The predicted octanol–water partition coefficient (Wildman–Crippen LogP) is 2.32. The first-order valence-corrected chi connectivity index (χ1v) is 7.12. The van der Waals surface area contributed by atoms with Crippen LogP contribution in [-0.4, -0.2) is 22.8 Å². The van der Waals surface area contributed by atoms with E-state index in [0.29, 0.717) is 17.8 Å². The number of hydrogen-bond acceptors (Lipinski definition) is 5. The number of hydrogen-bond donors (Lipinski definition) is 2. The van der Waals surface area contributed by atoms with Crippen LogP contribution in [0.2, 0.25) is 0 Å². The Morgan fingerprint density at radius 1 is 1.45 bits per heavy atom. The molecule has 0 radical (unpaired) electrons. The molecule has 0 atom stereocenters. The van der Waals surface area contributed by atoms with Crippen molar-refractivity contribution in [2.24, 2.45) is 5.84 Å². The third-order valence-corrected chi connectivity index (χ3v) is 4.05. The standard InChI is InChI=1S/C14H18N4OS/c1-9-4-5-11(12(6-9)17-15)14(19)18(3)7-13-10(2)16-8-20-13/h4-6,8,17H,7,15H2,1-3H3. The summed E-state index contributed by atoms with van der Waals surface area (Å²) in [5, 5.41) is 0. The van der Waals surface area contributed by atoms with Gasteiger partial charge in [-0.05, 0) is 31.5 Å². The number of benzene rings is 1. The van der Waals surface area contributed by atoms with Gasteiger partial charge in [-0.15, -0.1) is 11.3 Å². The summed E-state index contributed by atoms with van der Waals surface area (Å²) in [5.41, 5.74) is 7.61. The van der Waals surface area contributed by atoms with Crippen LogP contribution in [0.5, 0.6) is 0 Å². The summed E-state index contributed by atoms with van der Waals surface area (Å²) in [6.45, 7) is 4.45. The van der Waals surface area contributed by atoms with Crippen molar-refractivity contribution in [1.82, 2.24) is 9.88 Å². The lowest BCUT2D eigenvalue weighted by Gasteiger charge is -2.18. The lowest BCUT2D eigenvalue weighted by Crippen LogP contribution is -2.27. The predicted molar refractivity (Wildman–Crippen MR) is 81.6 cm³/mol. The molecule has 5 nitrogen and oxygen atoms in total. The fourth-order valence-electron chi connectivity index (χ4n) is 1.93. The number of hydrazine groups is 1. The number of thiazole rings is 1. The van der Waals surface area contributed by atoms with Gasteiger partial charge in [-0.2, -0.15) is 0 Å². The van der Waals surface area contributed by atoms with Gasteiger partial charge in [0.1, 0.15) is 0 Å². The molecule has 2 aromatic rings. The van der Waals surface area contributed by atoms with Crippen molar-refractivity contribution in [1.29, 1.82) is 0 Å². The highest BCUT2D eigenvalue weighted by molar-refractivity contribution is 7.09. The Balaban J connectivity index is 2.20. The molecule has 1 amide bonds. The molecule has 0 unspecified atom stereocenters. The lowest BCUT2D eigenvalue weighted by molar-refractivity contribution is 0.0787. The molecule has 1 heterocycles. The molecule has 0 aliphatic heterocycles. The quantitative estimate of drug-likeness (QED) is 0.669. The van der Waals surface area contributed by atoms with E-state index in [9.17, 15) is 4.79 Å². The maximum absolute atomic E-state index is 12.5. The first-order valence-electron chi connectivity index (χ1n) is 6.24. The van der Waals surface area contributed by atoms with Crippen molar-refractivity contribution in [3.63, 3.8) is 0 Å². The van der Waals surface area contributed by atoms with E-state index in [2.05, 4.69) is 10.4 Å². The van der Waals surface area contributed by atoms with E-state index >= 15 is 0 Å². The Morgan fingerprint density at radius 2 is 2.20 bits per heavy atom. The van der Waals surface area contributed by atoms with Gasteiger partial charge in [-0.3, -0.25) is 10.6 Å². The highest BCUT2D eigenvalue weighted by atomic mass is 32.1. The first-order chi connectivity index (χ1) is 9.52. The number of aryl methyl sites for hydroxylation is 2. The SMILES string of the molecule is Cc1ccc(C(=O)N(C)Cc2scnc2C)c(NN)c1. The van der Waals surface area contributed by atoms with E-state index in [1.165, 1.54) is 0 Å². The zero-order chi connectivity index (χ0) is 14.7. The van der Waals surface area contributed by atoms with Gasteiger partial charge in [0, 0.05) is 11.9 Å². The summed E-state index contributed by atoms with van der Waals surface area (Å²) in [5.74, 6) is 5.42. The number of anilines is 1. The van der Waals surface area contributed by atoms with Gasteiger partial charge < -0.3 is 10.3 Å². The third kappa shape index (κ3) is 2.97. The van der Waals surface area contributed by atoms with Gasteiger partial charge in [-0.1, -0.05) is 6.07 Å². The van der Waals surface area contributed by atoms with E-state index in [1.807, 2.05) is 26.0 Å². The number of amides is 1. The third-order valence-electron chi connectivity index (χ3n) is 3.13. The van der Waals surface area contributed by atoms with Gasteiger partial charge in [0.25, 0.3) is 5.91 Å².